The van der Waals surface area contributed by atoms with Gasteiger partial charge in [-0.1, -0.05) is 6.07 Å². The van der Waals surface area contributed by atoms with E-state index in [9.17, 15) is 13.6 Å². The number of benzene rings is 1. The number of carbonyl (C=O) groups is 1. The summed E-state index contributed by atoms with van der Waals surface area (Å²) in [6.07, 6.45) is 1.30. The van der Waals surface area contributed by atoms with Crippen molar-refractivity contribution in [1.29, 1.82) is 0 Å². The zero-order valence-electron chi connectivity index (χ0n) is 11.7. The summed E-state index contributed by atoms with van der Waals surface area (Å²) in [5.41, 5.74) is 0.672. The number of ether oxygens (including phenoxy) is 1. The second-order valence-electron chi connectivity index (χ2n) is 4.56. The maximum absolute atomic E-state index is 13.6. The average Bonchev–Trinajstić information content (AvgIpc) is 2.92. The van der Waals surface area contributed by atoms with E-state index in [1.807, 2.05) is 0 Å². The van der Waals surface area contributed by atoms with Crippen LogP contribution in [0.2, 0.25) is 0 Å². The van der Waals surface area contributed by atoms with Gasteiger partial charge in [0, 0.05) is 17.7 Å². The van der Waals surface area contributed by atoms with Crippen molar-refractivity contribution in [3.63, 3.8) is 0 Å². The minimum absolute atomic E-state index is 0.301. The van der Waals surface area contributed by atoms with Gasteiger partial charge < -0.3 is 14.5 Å². The van der Waals surface area contributed by atoms with Crippen molar-refractivity contribution in [2.24, 2.45) is 0 Å². The molecule has 1 aromatic carbocycles. The number of furan rings is 1. The Balaban J connectivity index is 1.99. The summed E-state index contributed by atoms with van der Waals surface area (Å²) in [6.45, 7) is 2.05. The number of hydrogen-bond acceptors (Lipinski definition) is 4. The molecule has 0 saturated heterocycles. The first kappa shape index (κ1) is 15.2. The predicted molar refractivity (Wildman–Crippen MR) is 71.7 cm³/mol. The Kier molecular flexibility index (Phi) is 4.70. The Morgan fingerprint density at radius 3 is 2.81 bits per heavy atom. The standard InChI is InChI=1S/C15H15F2NO3/c1-9(13-4-3-11(16)6-14(13)17)18-7-12-5-10(8-21-12)15(19)20-2/h3-6,8-9,18H,7H2,1-2H3. The highest BCUT2D eigenvalue weighted by Crippen LogP contribution is 2.18. The summed E-state index contributed by atoms with van der Waals surface area (Å²) in [5.74, 6) is -1.19. The number of carbonyl (C=O) groups excluding carboxylic acids is 1. The Hall–Kier alpha value is -2.21. The van der Waals surface area contributed by atoms with Gasteiger partial charge in [-0.15, -0.1) is 0 Å². The molecule has 2 aromatic rings. The fraction of sp³-hybridized carbons (Fsp3) is 0.267. The van der Waals surface area contributed by atoms with Crippen LogP contribution in [0.5, 0.6) is 0 Å². The topological polar surface area (TPSA) is 51.5 Å². The number of nitrogens with one attached hydrogen (secondary N) is 1. The number of hydrogen-bond donors (Lipinski definition) is 1. The van der Waals surface area contributed by atoms with Crippen molar-refractivity contribution >= 4 is 5.97 Å². The summed E-state index contributed by atoms with van der Waals surface area (Å²) < 4.78 is 36.2. The Bertz CT molecular complexity index is 640. The van der Waals surface area contributed by atoms with Crippen LogP contribution < -0.4 is 5.32 Å². The Morgan fingerprint density at radius 2 is 2.14 bits per heavy atom. The molecule has 0 aliphatic heterocycles. The number of methoxy groups -OCH3 is 1. The SMILES string of the molecule is COC(=O)c1coc(CNC(C)c2ccc(F)cc2F)c1. The molecule has 0 radical (unpaired) electrons. The van der Waals surface area contributed by atoms with Crippen molar-refractivity contribution in [3.8, 4) is 0 Å². The molecule has 0 bridgehead atoms. The Labute approximate surface area is 120 Å². The van der Waals surface area contributed by atoms with Gasteiger partial charge in [0.25, 0.3) is 0 Å². The van der Waals surface area contributed by atoms with Gasteiger partial charge in [0.05, 0.1) is 19.2 Å². The molecule has 1 N–H and O–H groups in total. The largest absolute Gasteiger partial charge is 0.467 e. The molecule has 0 saturated carbocycles. The molecule has 0 aliphatic carbocycles. The molecule has 0 spiro atoms. The fourth-order valence-electron chi connectivity index (χ4n) is 1.91. The molecule has 0 aliphatic rings. The Morgan fingerprint density at radius 1 is 1.38 bits per heavy atom. The molecule has 4 nitrogen and oxygen atoms in total. The van der Waals surface area contributed by atoms with Crippen LogP contribution in [0, 0.1) is 11.6 Å². The van der Waals surface area contributed by atoms with Crippen LogP contribution in [0.4, 0.5) is 8.78 Å². The number of esters is 1. The summed E-state index contributed by atoms with van der Waals surface area (Å²) in [4.78, 5) is 11.3. The van der Waals surface area contributed by atoms with Gasteiger partial charge in [-0.2, -0.15) is 0 Å². The van der Waals surface area contributed by atoms with Gasteiger partial charge in [0.1, 0.15) is 23.7 Å². The van der Waals surface area contributed by atoms with Crippen LogP contribution in [-0.2, 0) is 11.3 Å². The van der Waals surface area contributed by atoms with Crippen LogP contribution in [0.25, 0.3) is 0 Å². The molecule has 1 unspecified atom stereocenters. The molecular weight excluding hydrogens is 280 g/mol. The average molecular weight is 295 g/mol. The third-order valence-electron chi connectivity index (χ3n) is 3.09. The molecule has 2 rings (SSSR count). The second-order valence-corrected chi connectivity index (χ2v) is 4.56. The van der Waals surface area contributed by atoms with Crippen LogP contribution in [0.15, 0.2) is 34.9 Å². The first-order chi connectivity index (χ1) is 10.0. The van der Waals surface area contributed by atoms with Crippen LogP contribution in [0.3, 0.4) is 0 Å². The highest BCUT2D eigenvalue weighted by Gasteiger charge is 2.14. The summed E-state index contributed by atoms with van der Waals surface area (Å²) >= 11 is 0. The summed E-state index contributed by atoms with van der Waals surface area (Å²) in [7, 11) is 1.28. The van der Waals surface area contributed by atoms with Gasteiger partial charge >= 0.3 is 5.97 Å². The van der Waals surface area contributed by atoms with E-state index in [0.29, 0.717) is 23.4 Å². The van der Waals surface area contributed by atoms with E-state index < -0.39 is 17.6 Å². The van der Waals surface area contributed by atoms with Gasteiger partial charge in [-0.3, -0.25) is 0 Å². The van der Waals surface area contributed by atoms with Crippen molar-refractivity contribution in [2.75, 3.05) is 7.11 Å². The molecule has 1 heterocycles. The van der Waals surface area contributed by atoms with E-state index >= 15 is 0 Å². The zero-order valence-corrected chi connectivity index (χ0v) is 11.7. The quantitative estimate of drug-likeness (QED) is 0.861. The normalized spacial score (nSPS) is 12.2. The minimum atomic E-state index is -0.614. The first-order valence-corrected chi connectivity index (χ1v) is 6.35. The fourth-order valence-corrected chi connectivity index (χ4v) is 1.91. The van der Waals surface area contributed by atoms with Crippen molar-refractivity contribution in [3.05, 3.63) is 59.1 Å². The molecule has 21 heavy (non-hydrogen) atoms. The lowest BCUT2D eigenvalue weighted by molar-refractivity contribution is 0.0600. The lowest BCUT2D eigenvalue weighted by Gasteiger charge is -2.14. The van der Waals surface area contributed by atoms with E-state index in [0.717, 1.165) is 6.07 Å². The van der Waals surface area contributed by atoms with Crippen LogP contribution >= 0.6 is 0 Å². The maximum Gasteiger partial charge on any atom is 0.341 e. The monoisotopic (exact) mass is 295 g/mol. The third kappa shape index (κ3) is 3.66. The number of halogens is 2. The molecule has 112 valence electrons. The minimum Gasteiger partial charge on any atom is -0.467 e. The lowest BCUT2D eigenvalue weighted by Crippen LogP contribution is -2.19. The van der Waals surface area contributed by atoms with E-state index in [-0.39, 0.29) is 6.04 Å². The van der Waals surface area contributed by atoms with Crippen LogP contribution in [-0.4, -0.2) is 13.1 Å². The molecule has 1 atom stereocenters. The molecule has 0 fully saturated rings. The van der Waals surface area contributed by atoms with Crippen molar-refractivity contribution < 1.29 is 22.7 Å². The zero-order chi connectivity index (χ0) is 15.4. The van der Waals surface area contributed by atoms with Gasteiger partial charge in [0.2, 0.25) is 0 Å². The highest BCUT2D eigenvalue weighted by molar-refractivity contribution is 5.88. The summed E-state index contributed by atoms with van der Waals surface area (Å²) in [5, 5.41) is 3.04. The van der Waals surface area contributed by atoms with E-state index in [1.54, 1.807) is 13.0 Å². The van der Waals surface area contributed by atoms with Crippen LogP contribution in [0.1, 0.15) is 34.6 Å². The number of rotatable bonds is 5. The van der Waals surface area contributed by atoms with Crippen molar-refractivity contribution in [2.45, 2.75) is 19.5 Å². The van der Waals surface area contributed by atoms with Gasteiger partial charge in [0.15, 0.2) is 0 Å². The first-order valence-electron chi connectivity index (χ1n) is 6.35. The molecule has 0 amide bonds. The van der Waals surface area contributed by atoms with E-state index in [2.05, 4.69) is 10.1 Å². The predicted octanol–water partition coefficient (Wildman–Crippen LogP) is 3.20. The van der Waals surface area contributed by atoms with Crippen molar-refractivity contribution in [1.82, 2.24) is 5.32 Å². The molecular formula is C15H15F2NO3. The lowest BCUT2D eigenvalue weighted by atomic mass is 10.1. The van der Waals surface area contributed by atoms with Gasteiger partial charge in [-0.05, 0) is 19.1 Å². The molecule has 6 heteroatoms. The molecule has 1 aromatic heterocycles. The second kappa shape index (κ2) is 6.49. The van der Waals surface area contributed by atoms with E-state index in [1.165, 1.54) is 25.5 Å². The van der Waals surface area contributed by atoms with E-state index in [4.69, 9.17) is 4.42 Å². The van der Waals surface area contributed by atoms with Gasteiger partial charge in [-0.25, -0.2) is 13.6 Å². The summed E-state index contributed by atoms with van der Waals surface area (Å²) in [6, 6.07) is 4.66. The maximum atomic E-state index is 13.6. The third-order valence-corrected chi connectivity index (χ3v) is 3.09. The highest BCUT2D eigenvalue weighted by atomic mass is 19.1. The smallest absolute Gasteiger partial charge is 0.341 e.